The van der Waals surface area contributed by atoms with E-state index in [1.807, 2.05) is 48.7 Å². The maximum absolute atomic E-state index is 12.4. The molecule has 8 nitrogen and oxygen atoms in total. The monoisotopic (exact) mass is 551 g/mol. The van der Waals surface area contributed by atoms with Crippen molar-refractivity contribution in [2.24, 2.45) is 0 Å². The summed E-state index contributed by atoms with van der Waals surface area (Å²) in [5.74, 6) is 3.03. The van der Waals surface area contributed by atoms with Crippen molar-refractivity contribution in [2.75, 3.05) is 13.2 Å². The first-order valence-corrected chi connectivity index (χ1v) is 14.5. The number of fused-ring (bicyclic) bond motifs is 2. The molecule has 0 aliphatic heterocycles. The maximum atomic E-state index is 12.4. The first kappa shape index (κ1) is 25.7. The van der Waals surface area contributed by atoms with Gasteiger partial charge in [0.15, 0.2) is 5.76 Å². The predicted molar refractivity (Wildman–Crippen MR) is 155 cm³/mol. The average molecular weight is 552 g/mol. The number of carbonyl (C=O) groups is 1. The van der Waals surface area contributed by atoms with Crippen molar-refractivity contribution in [2.45, 2.75) is 57.2 Å². The third-order valence-corrected chi connectivity index (χ3v) is 7.58. The number of carbonyl (C=O) groups excluding carboxylic acids is 1. The van der Waals surface area contributed by atoms with Crippen LogP contribution in [0.1, 0.15) is 65.5 Å². The summed E-state index contributed by atoms with van der Waals surface area (Å²) in [5.41, 5.74) is 3.86. The number of nitrogens with one attached hydrogen (secondary N) is 2. The number of amides is 1. The lowest BCUT2D eigenvalue weighted by Gasteiger charge is -2.10. The van der Waals surface area contributed by atoms with Crippen LogP contribution in [0.4, 0.5) is 0 Å². The molecule has 3 heterocycles. The van der Waals surface area contributed by atoms with Crippen molar-refractivity contribution in [3.63, 3.8) is 0 Å². The molecule has 0 bridgehead atoms. The Morgan fingerprint density at radius 3 is 2.73 bits per heavy atom. The number of furan rings is 2. The van der Waals surface area contributed by atoms with E-state index in [0.29, 0.717) is 36.2 Å². The molecule has 1 amide bonds. The van der Waals surface area contributed by atoms with Gasteiger partial charge in [-0.05, 0) is 92.6 Å². The zero-order valence-corrected chi connectivity index (χ0v) is 22.9. The molecular weight excluding hydrogens is 518 g/mol. The van der Waals surface area contributed by atoms with E-state index >= 15 is 0 Å². The van der Waals surface area contributed by atoms with Gasteiger partial charge in [0.05, 0.1) is 12.0 Å². The van der Waals surface area contributed by atoms with Crippen LogP contribution in [0.15, 0.2) is 75.8 Å². The molecule has 2 aliphatic carbocycles. The molecule has 0 saturated heterocycles. The standard InChI is InChI=1S/C33H33N3O5/c37-33(36-24-9-10-24)29-17-23-16-25(11-12-26(23)40-29)39-20-30-31(22-7-8-22)32-27(5-1-6-28(32)41-30)38-15-3-14-35-19-21-4-2-13-34-18-21/h1-2,4-6,11-13,16-18,22,24,35H,3,7-10,14-15,19-20H2,(H,36,37). The number of hydrogen-bond acceptors (Lipinski definition) is 7. The van der Waals surface area contributed by atoms with Gasteiger partial charge in [0, 0.05) is 35.9 Å². The zero-order valence-electron chi connectivity index (χ0n) is 22.9. The van der Waals surface area contributed by atoms with Gasteiger partial charge < -0.3 is 28.9 Å². The van der Waals surface area contributed by atoms with Gasteiger partial charge in [-0.3, -0.25) is 9.78 Å². The summed E-state index contributed by atoms with van der Waals surface area (Å²) in [6.07, 6.45) is 8.91. The van der Waals surface area contributed by atoms with E-state index < -0.39 is 0 Å². The molecule has 3 aromatic heterocycles. The predicted octanol–water partition coefficient (Wildman–Crippen LogP) is 6.48. The molecule has 210 valence electrons. The van der Waals surface area contributed by atoms with Crippen LogP contribution in [0.5, 0.6) is 11.5 Å². The second kappa shape index (κ2) is 11.3. The van der Waals surface area contributed by atoms with Crippen LogP contribution in [-0.2, 0) is 13.2 Å². The smallest absolute Gasteiger partial charge is 0.287 e. The number of aromatic nitrogens is 1. The molecule has 2 N–H and O–H groups in total. The molecule has 2 aliphatic rings. The fraction of sp³-hybridized carbons (Fsp3) is 0.333. The van der Waals surface area contributed by atoms with Gasteiger partial charge in [0.1, 0.15) is 35.0 Å². The molecule has 2 saturated carbocycles. The van der Waals surface area contributed by atoms with Gasteiger partial charge in [-0.2, -0.15) is 0 Å². The Balaban J connectivity index is 1.01. The van der Waals surface area contributed by atoms with Crippen LogP contribution in [-0.4, -0.2) is 30.1 Å². The maximum Gasteiger partial charge on any atom is 0.287 e. The summed E-state index contributed by atoms with van der Waals surface area (Å²) in [7, 11) is 0. The number of hydrogen-bond donors (Lipinski definition) is 2. The van der Waals surface area contributed by atoms with Crippen LogP contribution in [0.25, 0.3) is 21.9 Å². The van der Waals surface area contributed by atoms with E-state index in [1.54, 1.807) is 12.3 Å². The first-order valence-electron chi connectivity index (χ1n) is 14.5. The number of benzene rings is 2. The van der Waals surface area contributed by atoms with Crippen molar-refractivity contribution < 1.29 is 23.1 Å². The molecular formula is C33H33N3O5. The first-order chi connectivity index (χ1) is 20.2. The summed E-state index contributed by atoms with van der Waals surface area (Å²) in [6.45, 7) is 2.59. The Bertz CT molecular complexity index is 1670. The molecule has 41 heavy (non-hydrogen) atoms. The highest BCUT2D eigenvalue weighted by Crippen LogP contribution is 2.48. The van der Waals surface area contributed by atoms with Crippen LogP contribution < -0.4 is 20.1 Å². The Hall–Kier alpha value is -4.30. The van der Waals surface area contributed by atoms with Gasteiger partial charge in [-0.25, -0.2) is 0 Å². The molecule has 0 unspecified atom stereocenters. The summed E-state index contributed by atoms with van der Waals surface area (Å²) >= 11 is 0. The molecule has 2 fully saturated rings. The van der Waals surface area contributed by atoms with Crippen LogP contribution in [0.2, 0.25) is 0 Å². The van der Waals surface area contributed by atoms with Crippen molar-refractivity contribution in [3.8, 4) is 11.5 Å². The Morgan fingerprint density at radius 2 is 1.90 bits per heavy atom. The molecule has 8 heteroatoms. The fourth-order valence-electron chi connectivity index (χ4n) is 5.19. The highest BCUT2D eigenvalue weighted by molar-refractivity contribution is 5.96. The third-order valence-electron chi connectivity index (χ3n) is 7.58. The van der Waals surface area contributed by atoms with E-state index in [4.69, 9.17) is 18.3 Å². The summed E-state index contributed by atoms with van der Waals surface area (Å²) < 4.78 is 24.6. The van der Waals surface area contributed by atoms with E-state index in [9.17, 15) is 4.79 Å². The normalized spacial score (nSPS) is 14.9. The second-order valence-corrected chi connectivity index (χ2v) is 10.9. The molecule has 5 aromatic rings. The lowest BCUT2D eigenvalue weighted by Crippen LogP contribution is -2.24. The lowest BCUT2D eigenvalue weighted by molar-refractivity contribution is 0.0925. The van der Waals surface area contributed by atoms with E-state index in [1.165, 1.54) is 11.1 Å². The van der Waals surface area contributed by atoms with Crippen LogP contribution >= 0.6 is 0 Å². The highest BCUT2D eigenvalue weighted by Gasteiger charge is 2.32. The highest BCUT2D eigenvalue weighted by atomic mass is 16.5. The van der Waals surface area contributed by atoms with Gasteiger partial charge in [-0.15, -0.1) is 0 Å². The number of pyridine rings is 1. The molecule has 2 aromatic carbocycles. The minimum atomic E-state index is -0.165. The minimum absolute atomic E-state index is 0.165. The largest absolute Gasteiger partial charge is 0.493 e. The van der Waals surface area contributed by atoms with Gasteiger partial charge >= 0.3 is 0 Å². The quantitative estimate of drug-likeness (QED) is 0.162. The Morgan fingerprint density at radius 1 is 0.976 bits per heavy atom. The summed E-state index contributed by atoms with van der Waals surface area (Å²) in [5, 5.41) is 8.31. The van der Waals surface area contributed by atoms with Gasteiger partial charge in [-0.1, -0.05) is 12.1 Å². The minimum Gasteiger partial charge on any atom is -0.493 e. The molecule has 7 rings (SSSR count). The fourth-order valence-corrected chi connectivity index (χ4v) is 5.19. The van der Waals surface area contributed by atoms with Crippen LogP contribution in [0, 0.1) is 0 Å². The Kier molecular flexibility index (Phi) is 7.07. The van der Waals surface area contributed by atoms with Gasteiger partial charge in [0.2, 0.25) is 0 Å². The number of nitrogens with zero attached hydrogens (tertiary/aromatic N) is 1. The summed E-state index contributed by atoms with van der Waals surface area (Å²) in [4.78, 5) is 16.5. The third kappa shape index (κ3) is 5.93. The van der Waals surface area contributed by atoms with E-state index in [2.05, 4.69) is 21.7 Å². The second-order valence-electron chi connectivity index (χ2n) is 10.9. The number of rotatable bonds is 13. The average Bonchev–Trinajstić information content (AvgIpc) is 3.92. The zero-order chi connectivity index (χ0) is 27.6. The molecule has 0 radical (unpaired) electrons. The van der Waals surface area contributed by atoms with Crippen LogP contribution in [0.3, 0.4) is 0 Å². The number of ether oxygens (including phenoxy) is 2. The topological polar surface area (TPSA) is 98.8 Å². The SMILES string of the molecule is O=C(NC1CC1)c1cc2cc(OCc3oc4cccc(OCCCNCc5cccnc5)c4c3C3CC3)ccc2o1. The van der Waals surface area contributed by atoms with E-state index in [-0.39, 0.29) is 11.9 Å². The van der Waals surface area contributed by atoms with Crippen molar-refractivity contribution in [1.29, 1.82) is 0 Å². The Labute approximate surface area is 238 Å². The van der Waals surface area contributed by atoms with E-state index in [0.717, 1.165) is 73.1 Å². The molecule has 0 atom stereocenters. The van der Waals surface area contributed by atoms with Crippen molar-refractivity contribution in [3.05, 3.63) is 89.6 Å². The van der Waals surface area contributed by atoms with Crippen molar-refractivity contribution >= 4 is 27.8 Å². The van der Waals surface area contributed by atoms with Gasteiger partial charge in [0.25, 0.3) is 5.91 Å². The lowest BCUT2D eigenvalue weighted by atomic mass is 10.1. The van der Waals surface area contributed by atoms with Crippen molar-refractivity contribution in [1.82, 2.24) is 15.6 Å². The molecule has 0 spiro atoms. The summed E-state index contributed by atoms with van der Waals surface area (Å²) in [6, 6.07) is 17.7.